The Labute approximate surface area is 145 Å². The zero-order valence-electron chi connectivity index (χ0n) is 13.9. The minimum Gasteiger partial charge on any atom is -0.362 e. The van der Waals surface area contributed by atoms with Crippen LogP contribution in [-0.2, 0) is 19.4 Å². The minimum absolute atomic E-state index is 0.576. The third-order valence-electron chi connectivity index (χ3n) is 4.83. The van der Waals surface area contributed by atoms with Crippen LogP contribution in [-0.4, -0.2) is 29.7 Å². The number of aryl methyl sites for hydroxylation is 1. The lowest BCUT2D eigenvalue weighted by molar-refractivity contribution is 0.689. The van der Waals surface area contributed by atoms with Crippen LogP contribution in [0.5, 0.6) is 0 Å². The maximum Gasteiger partial charge on any atom is 0.180 e. The SMILES string of the molecule is c1ccc(-c2nc3c(c(NCc4nncn4C4CC4)n2)CCC3)nc1. The average Bonchev–Trinajstić information content (AvgIpc) is 3.19. The van der Waals surface area contributed by atoms with Crippen molar-refractivity contribution in [3.05, 3.63) is 47.8 Å². The summed E-state index contributed by atoms with van der Waals surface area (Å²) in [6, 6.07) is 6.39. The van der Waals surface area contributed by atoms with E-state index in [1.54, 1.807) is 6.20 Å². The molecule has 0 spiro atoms. The zero-order valence-corrected chi connectivity index (χ0v) is 13.9. The van der Waals surface area contributed by atoms with Crippen molar-refractivity contribution in [1.29, 1.82) is 0 Å². The monoisotopic (exact) mass is 333 g/mol. The molecule has 0 saturated heterocycles. The summed E-state index contributed by atoms with van der Waals surface area (Å²) in [6.45, 7) is 0.627. The number of fused-ring (bicyclic) bond motifs is 1. The van der Waals surface area contributed by atoms with Gasteiger partial charge in [0.25, 0.3) is 0 Å². The highest BCUT2D eigenvalue weighted by Crippen LogP contribution is 2.35. The molecule has 3 aromatic rings. The van der Waals surface area contributed by atoms with E-state index in [1.807, 2.05) is 24.5 Å². The van der Waals surface area contributed by atoms with Gasteiger partial charge in [0, 0.05) is 23.5 Å². The van der Waals surface area contributed by atoms with Gasteiger partial charge < -0.3 is 9.88 Å². The lowest BCUT2D eigenvalue weighted by atomic mass is 10.2. The van der Waals surface area contributed by atoms with Gasteiger partial charge in [0.05, 0.1) is 6.54 Å². The van der Waals surface area contributed by atoms with Crippen LogP contribution in [0.25, 0.3) is 11.5 Å². The summed E-state index contributed by atoms with van der Waals surface area (Å²) in [5.41, 5.74) is 3.18. The molecule has 3 heterocycles. The van der Waals surface area contributed by atoms with E-state index in [1.165, 1.54) is 18.4 Å². The minimum atomic E-state index is 0.576. The van der Waals surface area contributed by atoms with Gasteiger partial charge in [-0.3, -0.25) is 4.98 Å². The average molecular weight is 333 g/mol. The second-order valence-corrected chi connectivity index (χ2v) is 6.63. The van der Waals surface area contributed by atoms with Crippen molar-refractivity contribution in [1.82, 2.24) is 29.7 Å². The highest BCUT2D eigenvalue weighted by molar-refractivity contribution is 5.57. The van der Waals surface area contributed by atoms with Crippen molar-refractivity contribution in [2.45, 2.75) is 44.7 Å². The Kier molecular flexibility index (Phi) is 3.43. The first kappa shape index (κ1) is 14.5. The van der Waals surface area contributed by atoms with Crippen LogP contribution in [0.1, 0.15) is 42.4 Å². The van der Waals surface area contributed by atoms with Gasteiger partial charge in [-0.05, 0) is 44.2 Å². The van der Waals surface area contributed by atoms with Crippen LogP contribution in [0.4, 0.5) is 5.82 Å². The first-order chi connectivity index (χ1) is 12.4. The van der Waals surface area contributed by atoms with Crippen LogP contribution >= 0.6 is 0 Å². The smallest absolute Gasteiger partial charge is 0.180 e. The van der Waals surface area contributed by atoms with Gasteiger partial charge in [-0.2, -0.15) is 0 Å². The molecule has 126 valence electrons. The second kappa shape index (κ2) is 5.91. The van der Waals surface area contributed by atoms with E-state index in [0.29, 0.717) is 18.4 Å². The van der Waals surface area contributed by atoms with Crippen molar-refractivity contribution in [2.24, 2.45) is 0 Å². The number of rotatable bonds is 5. The van der Waals surface area contributed by atoms with Crippen LogP contribution in [0.15, 0.2) is 30.7 Å². The topological polar surface area (TPSA) is 81.4 Å². The van der Waals surface area contributed by atoms with E-state index in [4.69, 9.17) is 9.97 Å². The maximum atomic E-state index is 4.76. The van der Waals surface area contributed by atoms with Crippen molar-refractivity contribution in [3.63, 3.8) is 0 Å². The van der Waals surface area contributed by atoms with Crippen LogP contribution < -0.4 is 5.32 Å². The molecule has 5 rings (SSSR count). The number of hydrogen-bond donors (Lipinski definition) is 1. The fourth-order valence-electron chi connectivity index (χ4n) is 3.40. The molecule has 1 saturated carbocycles. The number of nitrogens with zero attached hydrogens (tertiary/aromatic N) is 6. The summed E-state index contributed by atoms with van der Waals surface area (Å²) in [6.07, 6.45) is 9.20. The van der Waals surface area contributed by atoms with Gasteiger partial charge in [0.1, 0.15) is 17.8 Å². The highest BCUT2D eigenvalue weighted by Gasteiger charge is 2.26. The molecular weight excluding hydrogens is 314 g/mol. The third kappa shape index (κ3) is 2.75. The molecule has 0 aliphatic heterocycles. The van der Waals surface area contributed by atoms with Gasteiger partial charge in [-0.15, -0.1) is 10.2 Å². The summed E-state index contributed by atoms with van der Waals surface area (Å²) in [5, 5.41) is 11.8. The Balaban J connectivity index is 1.46. The third-order valence-corrected chi connectivity index (χ3v) is 4.83. The molecule has 0 atom stereocenters. The van der Waals surface area contributed by atoms with E-state index >= 15 is 0 Å². The number of aromatic nitrogens is 6. The van der Waals surface area contributed by atoms with Gasteiger partial charge in [0.2, 0.25) is 0 Å². The van der Waals surface area contributed by atoms with Crippen LogP contribution in [0.2, 0.25) is 0 Å². The summed E-state index contributed by atoms with van der Waals surface area (Å²) >= 11 is 0. The molecule has 0 aromatic carbocycles. The summed E-state index contributed by atoms with van der Waals surface area (Å²) in [7, 11) is 0. The summed E-state index contributed by atoms with van der Waals surface area (Å²) in [5.74, 6) is 2.56. The quantitative estimate of drug-likeness (QED) is 0.773. The molecule has 1 N–H and O–H groups in total. The fraction of sp³-hybridized carbons (Fsp3) is 0.389. The van der Waals surface area contributed by atoms with Crippen molar-refractivity contribution in [3.8, 4) is 11.5 Å². The van der Waals surface area contributed by atoms with Crippen LogP contribution in [0, 0.1) is 0 Å². The van der Waals surface area contributed by atoms with E-state index < -0.39 is 0 Å². The molecule has 7 heteroatoms. The lowest BCUT2D eigenvalue weighted by Crippen LogP contribution is -2.11. The van der Waals surface area contributed by atoms with E-state index in [-0.39, 0.29) is 0 Å². The molecule has 7 nitrogen and oxygen atoms in total. The first-order valence-corrected chi connectivity index (χ1v) is 8.82. The Bertz CT molecular complexity index is 899. The van der Waals surface area contributed by atoms with E-state index in [0.717, 1.165) is 42.3 Å². The van der Waals surface area contributed by atoms with E-state index in [9.17, 15) is 0 Å². The highest BCUT2D eigenvalue weighted by atomic mass is 15.3. The number of hydrogen-bond acceptors (Lipinski definition) is 6. The molecule has 0 unspecified atom stereocenters. The van der Waals surface area contributed by atoms with Gasteiger partial charge in [-0.1, -0.05) is 6.07 Å². The van der Waals surface area contributed by atoms with Crippen molar-refractivity contribution >= 4 is 5.82 Å². The molecule has 25 heavy (non-hydrogen) atoms. The number of pyridine rings is 1. The molecule has 1 fully saturated rings. The molecular formula is C18H19N7. The predicted octanol–water partition coefficient (Wildman–Crippen LogP) is 2.57. The molecule has 2 aliphatic rings. The Hall–Kier alpha value is -2.83. The molecule has 0 radical (unpaired) electrons. The summed E-state index contributed by atoms with van der Waals surface area (Å²) < 4.78 is 2.17. The van der Waals surface area contributed by atoms with Gasteiger partial charge in [0.15, 0.2) is 11.6 Å². The standard InChI is InChI=1S/C18H19N7/c1-2-9-19-15(5-1)18-22-14-6-3-4-13(14)17(23-18)20-10-16-24-21-11-25(16)12-7-8-12/h1-2,5,9,11-12H,3-4,6-8,10H2,(H,20,22,23). The first-order valence-electron chi connectivity index (χ1n) is 8.82. The fourth-order valence-corrected chi connectivity index (χ4v) is 3.40. The van der Waals surface area contributed by atoms with Gasteiger partial charge >= 0.3 is 0 Å². The Morgan fingerprint density at radius 1 is 1.16 bits per heavy atom. The van der Waals surface area contributed by atoms with Crippen molar-refractivity contribution in [2.75, 3.05) is 5.32 Å². The number of anilines is 1. The van der Waals surface area contributed by atoms with Gasteiger partial charge in [-0.25, -0.2) is 9.97 Å². The largest absolute Gasteiger partial charge is 0.362 e. The zero-order chi connectivity index (χ0) is 16.6. The normalized spacial score (nSPS) is 16.0. The lowest BCUT2D eigenvalue weighted by Gasteiger charge is -2.12. The maximum absolute atomic E-state index is 4.76. The number of nitrogens with one attached hydrogen (secondary N) is 1. The molecule has 0 bridgehead atoms. The Morgan fingerprint density at radius 2 is 2.12 bits per heavy atom. The van der Waals surface area contributed by atoms with Crippen LogP contribution in [0.3, 0.4) is 0 Å². The predicted molar refractivity (Wildman–Crippen MR) is 92.9 cm³/mol. The molecule has 3 aromatic heterocycles. The second-order valence-electron chi connectivity index (χ2n) is 6.63. The van der Waals surface area contributed by atoms with E-state index in [2.05, 4.69) is 25.1 Å². The van der Waals surface area contributed by atoms with Crippen molar-refractivity contribution < 1.29 is 0 Å². The molecule has 2 aliphatic carbocycles. The summed E-state index contributed by atoms with van der Waals surface area (Å²) in [4.78, 5) is 13.9. The Morgan fingerprint density at radius 3 is 2.96 bits per heavy atom. The molecule has 0 amide bonds.